The fraction of sp³-hybridized carbons (Fsp3) is 0.917. The Labute approximate surface area is 98.3 Å². The van der Waals surface area contributed by atoms with Gasteiger partial charge >= 0.3 is 6.03 Å². The van der Waals surface area contributed by atoms with Gasteiger partial charge in [0, 0.05) is 26.7 Å². The Balaban J connectivity index is 2.28. The minimum absolute atomic E-state index is 0.0597. The third-order valence-corrected chi connectivity index (χ3v) is 2.83. The number of piperidine rings is 1. The molecule has 4 heteroatoms. The molecule has 0 atom stereocenters. The van der Waals surface area contributed by atoms with Gasteiger partial charge in [-0.15, -0.1) is 0 Å². The quantitative estimate of drug-likeness (QED) is 0.783. The number of hydrogen-bond donors (Lipinski definition) is 1. The molecule has 1 N–H and O–H groups in total. The molecule has 1 aliphatic heterocycles. The van der Waals surface area contributed by atoms with Crippen LogP contribution in [-0.2, 0) is 4.74 Å². The third kappa shape index (κ3) is 4.39. The van der Waals surface area contributed by atoms with Crippen molar-refractivity contribution in [1.29, 1.82) is 0 Å². The van der Waals surface area contributed by atoms with Crippen LogP contribution in [-0.4, -0.2) is 43.8 Å². The molecule has 0 spiro atoms. The van der Waals surface area contributed by atoms with Gasteiger partial charge in [-0.05, 0) is 18.3 Å². The summed E-state index contributed by atoms with van der Waals surface area (Å²) in [7, 11) is 1.74. The summed E-state index contributed by atoms with van der Waals surface area (Å²) in [5, 5.41) is 2.97. The lowest BCUT2D eigenvalue weighted by Gasteiger charge is -2.32. The van der Waals surface area contributed by atoms with E-state index in [9.17, 15) is 4.79 Å². The van der Waals surface area contributed by atoms with E-state index in [2.05, 4.69) is 26.1 Å². The summed E-state index contributed by atoms with van der Waals surface area (Å²) in [6, 6.07) is 0.0597. The van der Waals surface area contributed by atoms with Crippen molar-refractivity contribution in [2.24, 2.45) is 5.41 Å². The average molecular weight is 228 g/mol. The van der Waals surface area contributed by atoms with Gasteiger partial charge in [-0.25, -0.2) is 4.79 Å². The molecule has 0 saturated carbocycles. The number of nitrogens with zero attached hydrogens (tertiary/aromatic N) is 1. The molecule has 2 amide bonds. The van der Waals surface area contributed by atoms with Crippen LogP contribution in [0.25, 0.3) is 0 Å². The molecule has 0 aliphatic carbocycles. The maximum atomic E-state index is 11.8. The summed E-state index contributed by atoms with van der Waals surface area (Å²) in [6.07, 6.45) is 2.21. The molecule has 0 aromatic rings. The van der Waals surface area contributed by atoms with Gasteiger partial charge in [0.15, 0.2) is 0 Å². The van der Waals surface area contributed by atoms with Gasteiger partial charge in [0.25, 0.3) is 0 Å². The molecular formula is C12H24N2O2. The molecule has 1 aliphatic rings. The van der Waals surface area contributed by atoms with Crippen LogP contribution in [0.1, 0.15) is 33.6 Å². The van der Waals surface area contributed by atoms with E-state index in [0.717, 1.165) is 32.5 Å². The Morgan fingerprint density at radius 1 is 1.38 bits per heavy atom. The van der Waals surface area contributed by atoms with Crippen molar-refractivity contribution < 1.29 is 9.53 Å². The highest BCUT2D eigenvalue weighted by molar-refractivity contribution is 5.74. The predicted octanol–water partition coefficient (Wildman–Crippen LogP) is 1.85. The standard InChI is InChI=1S/C12H24N2O2/c1-12(2,3)9-13-11(15)14-7-5-10(16-4)6-8-14/h10H,5-9H2,1-4H3,(H,13,15). The molecule has 1 saturated heterocycles. The SMILES string of the molecule is COC1CCN(C(=O)NCC(C)(C)C)CC1. The number of urea groups is 1. The molecule has 0 unspecified atom stereocenters. The molecule has 1 rings (SSSR count). The topological polar surface area (TPSA) is 41.6 Å². The Kier molecular flexibility index (Phi) is 4.59. The zero-order valence-electron chi connectivity index (χ0n) is 10.9. The van der Waals surface area contributed by atoms with Gasteiger partial charge in [-0.3, -0.25) is 0 Å². The van der Waals surface area contributed by atoms with Crippen LogP contribution in [0.2, 0.25) is 0 Å². The number of methoxy groups -OCH3 is 1. The van der Waals surface area contributed by atoms with Crippen LogP contribution in [0.5, 0.6) is 0 Å². The number of carbonyl (C=O) groups is 1. The summed E-state index contributed by atoms with van der Waals surface area (Å²) >= 11 is 0. The number of amides is 2. The largest absolute Gasteiger partial charge is 0.381 e. The first-order valence-corrected chi connectivity index (χ1v) is 5.98. The highest BCUT2D eigenvalue weighted by Gasteiger charge is 2.23. The second kappa shape index (κ2) is 5.53. The van der Waals surface area contributed by atoms with E-state index in [1.165, 1.54) is 0 Å². The van der Waals surface area contributed by atoms with Gasteiger partial charge < -0.3 is 15.0 Å². The van der Waals surface area contributed by atoms with Gasteiger partial charge in [-0.1, -0.05) is 20.8 Å². The fourth-order valence-electron chi connectivity index (χ4n) is 1.75. The number of carbonyl (C=O) groups excluding carboxylic acids is 1. The molecule has 1 fully saturated rings. The third-order valence-electron chi connectivity index (χ3n) is 2.83. The lowest BCUT2D eigenvalue weighted by atomic mass is 9.97. The summed E-state index contributed by atoms with van der Waals surface area (Å²) < 4.78 is 5.28. The lowest BCUT2D eigenvalue weighted by Crippen LogP contribution is -2.47. The van der Waals surface area contributed by atoms with Crippen molar-refractivity contribution in [2.75, 3.05) is 26.7 Å². The van der Waals surface area contributed by atoms with Crippen molar-refractivity contribution in [3.05, 3.63) is 0 Å². The van der Waals surface area contributed by atoms with Crippen molar-refractivity contribution in [1.82, 2.24) is 10.2 Å². The molecule has 16 heavy (non-hydrogen) atoms. The minimum Gasteiger partial charge on any atom is -0.381 e. The summed E-state index contributed by atoms with van der Waals surface area (Å²) in [5.41, 5.74) is 0.139. The second-order valence-corrected chi connectivity index (χ2v) is 5.64. The number of hydrogen-bond acceptors (Lipinski definition) is 2. The molecule has 1 heterocycles. The first-order chi connectivity index (χ1) is 7.42. The maximum Gasteiger partial charge on any atom is 0.317 e. The zero-order valence-corrected chi connectivity index (χ0v) is 10.9. The second-order valence-electron chi connectivity index (χ2n) is 5.64. The van der Waals surface area contributed by atoms with Crippen molar-refractivity contribution >= 4 is 6.03 Å². The minimum atomic E-state index is 0.0597. The Morgan fingerprint density at radius 3 is 2.38 bits per heavy atom. The van der Waals surface area contributed by atoms with E-state index in [1.807, 2.05) is 4.90 Å². The molecule has 0 aromatic carbocycles. The fourth-order valence-corrected chi connectivity index (χ4v) is 1.75. The Morgan fingerprint density at radius 2 is 1.94 bits per heavy atom. The molecule has 4 nitrogen and oxygen atoms in total. The smallest absolute Gasteiger partial charge is 0.317 e. The van der Waals surface area contributed by atoms with Crippen LogP contribution in [0, 0.1) is 5.41 Å². The summed E-state index contributed by atoms with van der Waals surface area (Å²) in [6.45, 7) is 8.66. The van der Waals surface area contributed by atoms with Crippen LogP contribution in [0.4, 0.5) is 4.79 Å². The van der Waals surface area contributed by atoms with E-state index in [0.29, 0.717) is 6.10 Å². The zero-order chi connectivity index (χ0) is 12.2. The maximum absolute atomic E-state index is 11.8. The lowest BCUT2D eigenvalue weighted by molar-refractivity contribution is 0.0501. The number of nitrogens with one attached hydrogen (secondary N) is 1. The van der Waals surface area contributed by atoms with E-state index >= 15 is 0 Å². The molecule has 0 aromatic heterocycles. The van der Waals surface area contributed by atoms with Crippen LogP contribution in [0.15, 0.2) is 0 Å². The number of ether oxygens (including phenoxy) is 1. The van der Waals surface area contributed by atoms with Gasteiger partial charge in [0.2, 0.25) is 0 Å². The Bertz CT molecular complexity index is 228. The molecule has 0 radical (unpaired) electrons. The number of rotatable bonds is 2. The normalized spacial score (nSPS) is 18.6. The first-order valence-electron chi connectivity index (χ1n) is 5.98. The van der Waals surface area contributed by atoms with E-state index in [4.69, 9.17) is 4.74 Å². The summed E-state index contributed by atoms with van der Waals surface area (Å²) in [4.78, 5) is 13.7. The molecule has 94 valence electrons. The molecule has 0 bridgehead atoms. The Hall–Kier alpha value is -0.770. The van der Waals surface area contributed by atoms with Crippen LogP contribution < -0.4 is 5.32 Å². The first kappa shape index (κ1) is 13.3. The van der Waals surface area contributed by atoms with Crippen molar-refractivity contribution in [3.8, 4) is 0 Å². The van der Waals surface area contributed by atoms with Gasteiger partial charge in [0.05, 0.1) is 6.10 Å². The van der Waals surface area contributed by atoms with Crippen molar-refractivity contribution in [3.63, 3.8) is 0 Å². The highest BCUT2D eigenvalue weighted by Crippen LogP contribution is 2.14. The van der Waals surface area contributed by atoms with Crippen LogP contribution in [0.3, 0.4) is 0 Å². The van der Waals surface area contributed by atoms with E-state index in [-0.39, 0.29) is 11.4 Å². The highest BCUT2D eigenvalue weighted by atomic mass is 16.5. The number of likely N-dealkylation sites (tertiary alicyclic amines) is 1. The van der Waals surface area contributed by atoms with Crippen molar-refractivity contribution in [2.45, 2.75) is 39.7 Å². The van der Waals surface area contributed by atoms with E-state index in [1.54, 1.807) is 7.11 Å². The predicted molar refractivity (Wildman–Crippen MR) is 64.5 cm³/mol. The molecular weight excluding hydrogens is 204 g/mol. The van der Waals surface area contributed by atoms with Gasteiger partial charge in [0.1, 0.15) is 0 Å². The monoisotopic (exact) mass is 228 g/mol. The summed E-state index contributed by atoms with van der Waals surface area (Å²) in [5.74, 6) is 0. The van der Waals surface area contributed by atoms with Gasteiger partial charge in [-0.2, -0.15) is 0 Å². The van der Waals surface area contributed by atoms with E-state index < -0.39 is 0 Å². The van der Waals surface area contributed by atoms with Crippen LogP contribution >= 0.6 is 0 Å². The average Bonchev–Trinajstić information content (AvgIpc) is 2.25.